The van der Waals surface area contributed by atoms with Crippen LogP contribution < -0.4 is 5.73 Å². The van der Waals surface area contributed by atoms with Gasteiger partial charge in [-0.3, -0.25) is 0 Å². The molecule has 17 heavy (non-hydrogen) atoms. The van der Waals surface area contributed by atoms with Crippen LogP contribution in [0.5, 0.6) is 0 Å². The highest BCUT2D eigenvalue weighted by Gasteiger charge is 2.17. The zero-order valence-electron chi connectivity index (χ0n) is 9.01. The van der Waals surface area contributed by atoms with Crippen molar-refractivity contribution in [1.82, 2.24) is 9.55 Å². The minimum Gasteiger partial charge on any atom is -0.478 e. The molecule has 2 aromatic rings. The molecule has 0 spiro atoms. The number of anilines is 1. The number of nitrogen functional groups attached to an aromatic ring is 1. The van der Waals surface area contributed by atoms with Gasteiger partial charge in [-0.1, -0.05) is 11.6 Å². The second-order valence-corrected chi connectivity index (χ2v) is 3.96. The topological polar surface area (TPSA) is 81.1 Å². The van der Waals surface area contributed by atoms with Crippen molar-refractivity contribution < 1.29 is 9.90 Å². The zero-order valence-corrected chi connectivity index (χ0v) is 9.77. The van der Waals surface area contributed by atoms with Crippen LogP contribution >= 0.6 is 11.6 Å². The van der Waals surface area contributed by atoms with Crippen molar-refractivity contribution in [2.75, 3.05) is 5.73 Å². The number of hydrogen-bond acceptors (Lipinski definition) is 3. The first kappa shape index (κ1) is 11.5. The number of hydrogen-bond donors (Lipinski definition) is 2. The maximum Gasteiger partial charge on any atom is 0.337 e. The van der Waals surface area contributed by atoms with Crippen LogP contribution in [0.15, 0.2) is 24.5 Å². The van der Waals surface area contributed by atoms with Crippen molar-refractivity contribution in [2.45, 2.75) is 6.92 Å². The molecule has 1 aromatic heterocycles. The van der Waals surface area contributed by atoms with E-state index in [1.54, 1.807) is 23.9 Å². The predicted octanol–water partition coefficient (Wildman–Crippen LogP) is 2.11. The number of nitrogens with two attached hydrogens (primary N) is 1. The third kappa shape index (κ3) is 1.97. The summed E-state index contributed by atoms with van der Waals surface area (Å²) in [4.78, 5) is 15.2. The van der Waals surface area contributed by atoms with Crippen LogP contribution in [0.3, 0.4) is 0 Å². The van der Waals surface area contributed by atoms with Crippen molar-refractivity contribution in [1.29, 1.82) is 0 Å². The van der Waals surface area contributed by atoms with E-state index >= 15 is 0 Å². The molecule has 0 radical (unpaired) electrons. The van der Waals surface area contributed by atoms with E-state index < -0.39 is 5.97 Å². The highest BCUT2D eigenvalue weighted by molar-refractivity contribution is 6.33. The van der Waals surface area contributed by atoms with Gasteiger partial charge in [0.2, 0.25) is 0 Å². The van der Waals surface area contributed by atoms with E-state index in [9.17, 15) is 4.79 Å². The number of benzene rings is 1. The molecule has 0 aliphatic heterocycles. The van der Waals surface area contributed by atoms with Crippen LogP contribution in [0, 0.1) is 6.92 Å². The molecule has 1 heterocycles. The lowest BCUT2D eigenvalue weighted by Gasteiger charge is -2.12. The third-order valence-corrected chi connectivity index (χ3v) is 2.67. The number of aryl methyl sites for hydroxylation is 1. The minimum absolute atomic E-state index is 0.0519. The van der Waals surface area contributed by atoms with E-state index in [1.807, 2.05) is 0 Å². The molecule has 0 aliphatic rings. The normalized spacial score (nSPS) is 10.5. The van der Waals surface area contributed by atoms with Crippen LogP contribution in [-0.2, 0) is 0 Å². The average molecular weight is 252 g/mol. The molecule has 5 nitrogen and oxygen atoms in total. The van der Waals surface area contributed by atoms with Gasteiger partial charge in [-0.25, -0.2) is 9.78 Å². The number of imidazole rings is 1. The Hall–Kier alpha value is -2.01. The Kier molecular flexibility index (Phi) is 2.77. The lowest BCUT2D eigenvalue weighted by molar-refractivity contribution is 0.0697. The number of carboxylic acids is 1. The first-order valence-corrected chi connectivity index (χ1v) is 5.21. The van der Waals surface area contributed by atoms with Crippen molar-refractivity contribution in [3.05, 3.63) is 40.9 Å². The van der Waals surface area contributed by atoms with E-state index in [0.29, 0.717) is 17.2 Å². The summed E-state index contributed by atoms with van der Waals surface area (Å²) in [5, 5.41) is 9.44. The van der Waals surface area contributed by atoms with Gasteiger partial charge in [0, 0.05) is 18.1 Å². The van der Waals surface area contributed by atoms with Crippen molar-refractivity contribution >= 4 is 23.3 Å². The Morgan fingerprint density at radius 2 is 2.24 bits per heavy atom. The summed E-state index contributed by atoms with van der Waals surface area (Å²) >= 11 is 6.05. The van der Waals surface area contributed by atoms with Gasteiger partial charge in [0.1, 0.15) is 5.82 Å². The standard InChI is InChI=1S/C11H10ClN3O2/c1-6-14-2-3-15(6)10-8(11(16)17)4-7(13)5-9(10)12/h2-5H,13H2,1H3,(H,16,17). The highest BCUT2D eigenvalue weighted by Crippen LogP contribution is 2.28. The fourth-order valence-electron chi connectivity index (χ4n) is 1.64. The van der Waals surface area contributed by atoms with Gasteiger partial charge in [0.05, 0.1) is 16.3 Å². The molecule has 2 rings (SSSR count). The number of rotatable bonds is 2. The molecule has 0 atom stereocenters. The van der Waals surface area contributed by atoms with Crippen LogP contribution in [0.2, 0.25) is 5.02 Å². The van der Waals surface area contributed by atoms with Gasteiger partial charge in [0.15, 0.2) is 0 Å². The second-order valence-electron chi connectivity index (χ2n) is 3.55. The van der Waals surface area contributed by atoms with Crippen LogP contribution in [-0.4, -0.2) is 20.6 Å². The number of carboxylic acid groups (broad SMARTS) is 1. The minimum atomic E-state index is -1.08. The molecule has 3 N–H and O–H groups in total. The quantitative estimate of drug-likeness (QED) is 0.801. The van der Waals surface area contributed by atoms with Crippen molar-refractivity contribution in [3.8, 4) is 5.69 Å². The van der Waals surface area contributed by atoms with E-state index in [2.05, 4.69) is 4.98 Å². The molecule has 0 bridgehead atoms. The lowest BCUT2D eigenvalue weighted by Crippen LogP contribution is -2.08. The molecule has 0 aliphatic carbocycles. The number of nitrogens with zero attached hydrogens (tertiary/aromatic N) is 2. The third-order valence-electron chi connectivity index (χ3n) is 2.38. The summed E-state index contributed by atoms with van der Waals surface area (Å²) in [5.41, 5.74) is 6.33. The van der Waals surface area contributed by atoms with Gasteiger partial charge in [-0.15, -0.1) is 0 Å². The Morgan fingerprint density at radius 1 is 1.53 bits per heavy atom. The molecular formula is C11H10ClN3O2. The Bertz CT molecular complexity index is 592. The molecule has 1 aromatic carbocycles. The van der Waals surface area contributed by atoms with Crippen LogP contribution in [0.25, 0.3) is 5.69 Å². The molecule has 0 fully saturated rings. The Balaban J connectivity index is 2.76. The van der Waals surface area contributed by atoms with Gasteiger partial charge >= 0.3 is 5.97 Å². The van der Waals surface area contributed by atoms with E-state index in [1.165, 1.54) is 12.1 Å². The van der Waals surface area contributed by atoms with Gasteiger partial charge < -0.3 is 15.4 Å². The molecule has 0 unspecified atom stereocenters. The van der Waals surface area contributed by atoms with E-state index in [-0.39, 0.29) is 10.6 Å². The summed E-state index contributed by atoms with van der Waals surface area (Å²) in [6.07, 6.45) is 3.23. The van der Waals surface area contributed by atoms with Gasteiger partial charge in [-0.05, 0) is 19.1 Å². The predicted molar refractivity (Wildman–Crippen MR) is 64.7 cm³/mol. The summed E-state index contributed by atoms with van der Waals surface area (Å²) in [6.45, 7) is 1.76. The fourth-order valence-corrected chi connectivity index (χ4v) is 1.96. The average Bonchev–Trinajstić information content (AvgIpc) is 2.63. The zero-order chi connectivity index (χ0) is 12.6. The largest absolute Gasteiger partial charge is 0.478 e. The number of aromatic nitrogens is 2. The van der Waals surface area contributed by atoms with Crippen molar-refractivity contribution in [2.24, 2.45) is 0 Å². The number of carbonyl (C=O) groups is 1. The van der Waals surface area contributed by atoms with E-state index in [0.717, 1.165) is 0 Å². The molecule has 0 saturated carbocycles. The van der Waals surface area contributed by atoms with E-state index in [4.69, 9.17) is 22.4 Å². The maximum atomic E-state index is 11.2. The summed E-state index contributed by atoms with van der Waals surface area (Å²) in [6, 6.07) is 2.89. The first-order chi connectivity index (χ1) is 8.00. The first-order valence-electron chi connectivity index (χ1n) is 4.83. The molecule has 88 valence electrons. The summed E-state index contributed by atoms with van der Waals surface area (Å²) in [5.74, 6) is -0.429. The Morgan fingerprint density at radius 3 is 2.76 bits per heavy atom. The molecule has 6 heteroatoms. The highest BCUT2D eigenvalue weighted by atomic mass is 35.5. The molecule has 0 saturated heterocycles. The summed E-state index contributed by atoms with van der Waals surface area (Å²) < 4.78 is 1.62. The fraction of sp³-hybridized carbons (Fsp3) is 0.0909. The van der Waals surface area contributed by atoms with Crippen LogP contribution in [0.1, 0.15) is 16.2 Å². The lowest BCUT2D eigenvalue weighted by atomic mass is 10.1. The Labute approximate surface area is 102 Å². The van der Waals surface area contributed by atoms with Gasteiger partial charge in [0.25, 0.3) is 0 Å². The molecule has 0 amide bonds. The second kappa shape index (κ2) is 4.10. The molecular weight excluding hydrogens is 242 g/mol. The smallest absolute Gasteiger partial charge is 0.337 e. The number of halogens is 1. The van der Waals surface area contributed by atoms with Gasteiger partial charge in [-0.2, -0.15) is 0 Å². The SMILES string of the molecule is Cc1nccn1-c1c(Cl)cc(N)cc1C(=O)O. The van der Waals surface area contributed by atoms with Crippen LogP contribution in [0.4, 0.5) is 5.69 Å². The monoisotopic (exact) mass is 251 g/mol. The maximum absolute atomic E-state index is 11.2. The number of aromatic carboxylic acids is 1. The van der Waals surface area contributed by atoms with Crippen molar-refractivity contribution in [3.63, 3.8) is 0 Å². The summed E-state index contributed by atoms with van der Waals surface area (Å²) in [7, 11) is 0.